The highest BCUT2D eigenvalue weighted by molar-refractivity contribution is 7.89. The summed E-state index contributed by atoms with van der Waals surface area (Å²) in [5.41, 5.74) is -1.42. The summed E-state index contributed by atoms with van der Waals surface area (Å²) in [6.07, 6.45) is 1.53. The number of nitrogens with zero attached hydrogens (tertiary/aromatic N) is 2. The van der Waals surface area contributed by atoms with Crippen molar-refractivity contribution in [3.05, 3.63) is 32.8 Å². The fraction of sp³-hybridized carbons (Fsp3) is 0.462. The van der Waals surface area contributed by atoms with Crippen LogP contribution in [0.5, 0.6) is 0 Å². The van der Waals surface area contributed by atoms with Crippen LogP contribution in [0.2, 0.25) is 5.02 Å². The third-order valence-corrected chi connectivity index (χ3v) is 5.71. The quantitative estimate of drug-likeness (QED) is 0.651. The Balaban J connectivity index is 2.46. The summed E-state index contributed by atoms with van der Waals surface area (Å²) < 4.78 is 27.2. The summed E-state index contributed by atoms with van der Waals surface area (Å²) >= 11 is 5.89. The molecule has 118 valence electrons. The van der Waals surface area contributed by atoms with Gasteiger partial charge in [-0.2, -0.15) is 9.98 Å². The molecule has 1 aliphatic carbocycles. The van der Waals surface area contributed by atoms with E-state index < -0.39 is 20.5 Å². The van der Waals surface area contributed by atoms with Gasteiger partial charge in [-0.1, -0.05) is 11.6 Å². The summed E-state index contributed by atoms with van der Waals surface area (Å²) in [7, 11) is -4.09. The fourth-order valence-electron chi connectivity index (χ4n) is 2.18. The Labute approximate surface area is 133 Å². The van der Waals surface area contributed by atoms with Crippen molar-refractivity contribution in [2.24, 2.45) is 5.92 Å². The minimum Gasteiger partial charge on any atom is -0.258 e. The minimum absolute atomic E-state index is 0.0142. The lowest BCUT2D eigenvalue weighted by atomic mass is 10.0. The van der Waals surface area contributed by atoms with Gasteiger partial charge in [0.05, 0.1) is 20.9 Å². The predicted octanol–water partition coefficient (Wildman–Crippen LogP) is 2.53. The zero-order chi connectivity index (χ0) is 16.7. The highest BCUT2D eigenvalue weighted by atomic mass is 35.5. The van der Waals surface area contributed by atoms with Crippen LogP contribution in [0.3, 0.4) is 0 Å². The van der Waals surface area contributed by atoms with E-state index in [2.05, 4.69) is 4.72 Å². The van der Waals surface area contributed by atoms with Crippen molar-refractivity contribution >= 4 is 27.3 Å². The van der Waals surface area contributed by atoms with Crippen molar-refractivity contribution in [1.29, 1.82) is 5.26 Å². The van der Waals surface area contributed by atoms with Gasteiger partial charge in [0.25, 0.3) is 5.69 Å². The van der Waals surface area contributed by atoms with Crippen molar-refractivity contribution in [3.63, 3.8) is 0 Å². The van der Waals surface area contributed by atoms with Crippen LogP contribution in [0.25, 0.3) is 0 Å². The van der Waals surface area contributed by atoms with Gasteiger partial charge in [0, 0.05) is 11.6 Å². The SMILES string of the molecule is Cc1c(Cl)cc(S(=O)(=O)N[C@@](C)(C#N)C2CC2)cc1[N+](=O)[O-]. The second-order valence-corrected chi connectivity index (χ2v) is 7.59. The normalized spacial score (nSPS) is 17.5. The first-order valence-corrected chi connectivity index (χ1v) is 8.36. The lowest BCUT2D eigenvalue weighted by Crippen LogP contribution is -2.46. The lowest BCUT2D eigenvalue weighted by Gasteiger charge is -2.22. The van der Waals surface area contributed by atoms with Gasteiger partial charge in [0.2, 0.25) is 10.0 Å². The van der Waals surface area contributed by atoms with E-state index in [0.29, 0.717) is 0 Å². The maximum Gasteiger partial charge on any atom is 0.275 e. The van der Waals surface area contributed by atoms with E-state index in [1.165, 1.54) is 13.8 Å². The van der Waals surface area contributed by atoms with E-state index in [1.54, 1.807) is 0 Å². The van der Waals surface area contributed by atoms with Crippen molar-refractivity contribution in [1.82, 2.24) is 4.72 Å². The Hall–Kier alpha value is -1.69. The molecule has 1 saturated carbocycles. The van der Waals surface area contributed by atoms with Gasteiger partial charge in [-0.05, 0) is 38.7 Å². The van der Waals surface area contributed by atoms with Crippen molar-refractivity contribution in [2.45, 2.75) is 37.1 Å². The Morgan fingerprint density at radius 2 is 2.09 bits per heavy atom. The molecule has 0 bridgehead atoms. The van der Waals surface area contributed by atoms with Gasteiger partial charge in [0.1, 0.15) is 5.54 Å². The van der Waals surface area contributed by atoms with Crippen LogP contribution in [0.15, 0.2) is 17.0 Å². The van der Waals surface area contributed by atoms with E-state index in [9.17, 15) is 23.8 Å². The number of nitro benzene ring substituents is 1. The number of hydrogen-bond donors (Lipinski definition) is 1. The zero-order valence-corrected chi connectivity index (χ0v) is 13.5. The number of hydrogen-bond acceptors (Lipinski definition) is 5. The molecule has 1 N–H and O–H groups in total. The third kappa shape index (κ3) is 3.06. The maximum absolute atomic E-state index is 12.4. The second kappa shape index (κ2) is 5.50. The minimum atomic E-state index is -4.09. The molecule has 1 aliphatic rings. The van der Waals surface area contributed by atoms with Gasteiger partial charge >= 0.3 is 0 Å². The first kappa shape index (κ1) is 16.7. The molecule has 0 heterocycles. The standard InChI is InChI=1S/C13H14ClN3O4S/c1-8-11(14)5-10(6-12(8)17(18)19)22(20,21)16-13(2,7-15)9-3-4-9/h5-6,9,16H,3-4H2,1-2H3/t13-/m0/s1. The summed E-state index contributed by atoms with van der Waals surface area (Å²) in [6, 6.07) is 4.07. The van der Waals surface area contributed by atoms with Crippen molar-refractivity contribution < 1.29 is 13.3 Å². The third-order valence-electron chi connectivity index (χ3n) is 3.77. The van der Waals surface area contributed by atoms with Gasteiger partial charge in [-0.15, -0.1) is 0 Å². The van der Waals surface area contributed by atoms with Crippen molar-refractivity contribution in [3.8, 4) is 6.07 Å². The van der Waals surface area contributed by atoms with E-state index in [-0.39, 0.29) is 27.1 Å². The smallest absolute Gasteiger partial charge is 0.258 e. The molecule has 0 unspecified atom stereocenters. The Bertz CT molecular complexity index is 783. The van der Waals surface area contributed by atoms with E-state index >= 15 is 0 Å². The van der Waals surface area contributed by atoms with Crippen LogP contribution in [-0.2, 0) is 10.0 Å². The number of nitrogens with one attached hydrogen (secondary N) is 1. The molecule has 0 radical (unpaired) electrons. The number of rotatable bonds is 5. The first-order chi connectivity index (χ1) is 10.1. The van der Waals surface area contributed by atoms with Crippen LogP contribution in [0.1, 0.15) is 25.3 Å². The van der Waals surface area contributed by atoms with E-state index in [4.69, 9.17) is 11.6 Å². The molecule has 2 rings (SSSR count). The molecule has 9 heteroatoms. The average Bonchev–Trinajstić information content (AvgIpc) is 3.25. The van der Waals surface area contributed by atoms with Crippen LogP contribution in [0, 0.1) is 34.3 Å². The number of benzene rings is 1. The molecular weight excluding hydrogens is 330 g/mol. The van der Waals surface area contributed by atoms with Crippen LogP contribution >= 0.6 is 11.6 Å². The molecule has 0 spiro atoms. The van der Waals surface area contributed by atoms with E-state index in [1.807, 2.05) is 6.07 Å². The summed E-state index contributed by atoms with van der Waals surface area (Å²) in [5.74, 6) is -0.0526. The van der Waals surface area contributed by atoms with Gasteiger partial charge in [0.15, 0.2) is 0 Å². The number of halogens is 1. The van der Waals surface area contributed by atoms with Gasteiger partial charge in [-0.3, -0.25) is 10.1 Å². The molecule has 0 aromatic heterocycles. The highest BCUT2D eigenvalue weighted by Crippen LogP contribution is 2.40. The molecule has 1 aromatic rings. The largest absolute Gasteiger partial charge is 0.275 e. The zero-order valence-electron chi connectivity index (χ0n) is 12.0. The first-order valence-electron chi connectivity index (χ1n) is 6.50. The molecular formula is C13H14ClN3O4S. The predicted molar refractivity (Wildman–Crippen MR) is 79.9 cm³/mol. The molecule has 22 heavy (non-hydrogen) atoms. The second-order valence-electron chi connectivity index (χ2n) is 5.50. The molecule has 0 amide bonds. The topological polar surface area (TPSA) is 113 Å². The summed E-state index contributed by atoms with van der Waals surface area (Å²) in [4.78, 5) is 9.98. The van der Waals surface area contributed by atoms with E-state index in [0.717, 1.165) is 25.0 Å². The molecule has 0 aliphatic heterocycles. The lowest BCUT2D eigenvalue weighted by molar-refractivity contribution is -0.385. The highest BCUT2D eigenvalue weighted by Gasteiger charge is 2.45. The van der Waals surface area contributed by atoms with Crippen LogP contribution in [-0.4, -0.2) is 18.9 Å². The molecule has 7 nitrogen and oxygen atoms in total. The summed E-state index contributed by atoms with van der Waals surface area (Å²) in [5, 5.41) is 20.2. The maximum atomic E-state index is 12.4. The molecule has 1 fully saturated rings. The van der Waals surface area contributed by atoms with Crippen LogP contribution in [0.4, 0.5) is 5.69 Å². The van der Waals surface area contributed by atoms with Crippen molar-refractivity contribution in [2.75, 3.05) is 0 Å². The molecule has 0 saturated heterocycles. The fourth-order valence-corrected chi connectivity index (χ4v) is 3.89. The number of nitriles is 1. The monoisotopic (exact) mass is 343 g/mol. The molecule has 1 atom stereocenters. The number of nitro groups is 1. The Morgan fingerprint density at radius 1 is 1.50 bits per heavy atom. The van der Waals surface area contributed by atoms with Crippen LogP contribution < -0.4 is 4.72 Å². The average molecular weight is 344 g/mol. The Morgan fingerprint density at radius 3 is 2.55 bits per heavy atom. The Kier molecular flexibility index (Phi) is 4.17. The van der Waals surface area contributed by atoms with Gasteiger partial charge < -0.3 is 0 Å². The number of sulfonamides is 1. The molecule has 1 aromatic carbocycles. The summed E-state index contributed by atoms with van der Waals surface area (Å²) in [6.45, 7) is 2.94. The van der Waals surface area contributed by atoms with Gasteiger partial charge in [-0.25, -0.2) is 8.42 Å².